The number of benzene rings is 1. The maximum atomic E-state index is 13.2. The number of aromatic amines is 1. The van der Waals surface area contributed by atoms with Crippen molar-refractivity contribution in [3.63, 3.8) is 0 Å². The van der Waals surface area contributed by atoms with Crippen LogP contribution >= 0.6 is 11.6 Å². The molecular weight excluding hydrogens is 309 g/mol. The average Bonchev–Trinajstić information content (AvgIpc) is 2.96. The molecule has 0 aliphatic heterocycles. The van der Waals surface area contributed by atoms with Crippen LogP contribution < -0.4 is 0 Å². The van der Waals surface area contributed by atoms with E-state index >= 15 is 0 Å². The Balaban J connectivity index is 2.25. The van der Waals surface area contributed by atoms with Gasteiger partial charge in [-0.05, 0) is 31.5 Å². The standard InChI is InChI=1S/C15H17ClFN3O2/c1-9(21)5-6-20(2)15(22)11-8-18-19-14(11)10-3-4-13(17)12(16)7-10/h3-4,7-9,21H,5-6H2,1-2H3,(H,18,19). The Bertz CT molecular complexity index is 673. The molecular formula is C15H17ClFN3O2. The van der Waals surface area contributed by atoms with Crippen molar-refractivity contribution in [2.75, 3.05) is 13.6 Å². The smallest absolute Gasteiger partial charge is 0.257 e. The van der Waals surface area contributed by atoms with Gasteiger partial charge in [-0.3, -0.25) is 9.89 Å². The third kappa shape index (κ3) is 3.64. The van der Waals surface area contributed by atoms with Crippen molar-refractivity contribution >= 4 is 17.5 Å². The van der Waals surface area contributed by atoms with E-state index in [1.807, 2.05) is 0 Å². The number of rotatable bonds is 5. The molecule has 0 radical (unpaired) electrons. The van der Waals surface area contributed by atoms with E-state index in [1.165, 1.54) is 29.3 Å². The second-order valence-electron chi connectivity index (χ2n) is 5.15. The van der Waals surface area contributed by atoms with Crippen molar-refractivity contribution in [2.24, 2.45) is 0 Å². The van der Waals surface area contributed by atoms with Crippen molar-refractivity contribution in [1.29, 1.82) is 0 Å². The van der Waals surface area contributed by atoms with Crippen LogP contribution in [-0.4, -0.2) is 45.8 Å². The van der Waals surface area contributed by atoms with Gasteiger partial charge in [-0.15, -0.1) is 0 Å². The molecule has 1 amide bonds. The number of aliphatic hydroxyl groups is 1. The van der Waals surface area contributed by atoms with Gasteiger partial charge in [0.05, 0.1) is 28.6 Å². The average molecular weight is 326 g/mol. The largest absolute Gasteiger partial charge is 0.393 e. The zero-order chi connectivity index (χ0) is 16.3. The molecule has 7 heteroatoms. The summed E-state index contributed by atoms with van der Waals surface area (Å²) in [6.45, 7) is 2.09. The fourth-order valence-electron chi connectivity index (χ4n) is 2.01. The van der Waals surface area contributed by atoms with Gasteiger partial charge in [0.1, 0.15) is 5.82 Å². The van der Waals surface area contributed by atoms with Gasteiger partial charge in [-0.25, -0.2) is 4.39 Å². The van der Waals surface area contributed by atoms with Gasteiger partial charge in [0.25, 0.3) is 5.91 Å². The van der Waals surface area contributed by atoms with E-state index in [1.54, 1.807) is 14.0 Å². The highest BCUT2D eigenvalue weighted by molar-refractivity contribution is 6.31. The Morgan fingerprint density at radius 2 is 2.27 bits per heavy atom. The molecule has 0 bridgehead atoms. The highest BCUT2D eigenvalue weighted by atomic mass is 35.5. The van der Waals surface area contributed by atoms with E-state index < -0.39 is 11.9 Å². The number of H-pyrrole nitrogens is 1. The summed E-state index contributed by atoms with van der Waals surface area (Å²) in [5, 5.41) is 15.9. The number of hydrogen-bond donors (Lipinski definition) is 2. The zero-order valence-electron chi connectivity index (χ0n) is 12.3. The minimum absolute atomic E-state index is 0.0204. The third-order valence-corrected chi connectivity index (χ3v) is 3.60. The Kier molecular flexibility index (Phi) is 5.15. The highest BCUT2D eigenvalue weighted by Gasteiger charge is 2.19. The monoisotopic (exact) mass is 325 g/mol. The molecule has 22 heavy (non-hydrogen) atoms. The number of halogens is 2. The van der Waals surface area contributed by atoms with Gasteiger partial charge < -0.3 is 10.0 Å². The summed E-state index contributed by atoms with van der Waals surface area (Å²) >= 11 is 5.78. The molecule has 5 nitrogen and oxygen atoms in total. The molecule has 0 saturated carbocycles. The first-order valence-electron chi connectivity index (χ1n) is 6.82. The van der Waals surface area contributed by atoms with Crippen LogP contribution in [0, 0.1) is 5.82 Å². The Morgan fingerprint density at radius 3 is 2.91 bits per heavy atom. The van der Waals surface area contributed by atoms with E-state index in [4.69, 9.17) is 11.6 Å². The molecule has 2 N–H and O–H groups in total. The lowest BCUT2D eigenvalue weighted by Crippen LogP contribution is -2.29. The summed E-state index contributed by atoms with van der Waals surface area (Å²) in [6.07, 6.45) is 1.43. The van der Waals surface area contributed by atoms with Gasteiger partial charge in [-0.2, -0.15) is 5.10 Å². The first kappa shape index (κ1) is 16.5. The Labute approximate surface area is 132 Å². The van der Waals surface area contributed by atoms with Crippen LogP contribution in [0.5, 0.6) is 0 Å². The van der Waals surface area contributed by atoms with Crippen molar-refractivity contribution in [2.45, 2.75) is 19.4 Å². The summed E-state index contributed by atoms with van der Waals surface area (Å²) in [5.74, 6) is -0.753. The number of amides is 1. The van der Waals surface area contributed by atoms with Gasteiger partial charge in [0.15, 0.2) is 0 Å². The van der Waals surface area contributed by atoms with Gasteiger partial charge >= 0.3 is 0 Å². The third-order valence-electron chi connectivity index (χ3n) is 3.31. The lowest BCUT2D eigenvalue weighted by atomic mass is 10.1. The van der Waals surface area contributed by atoms with Crippen LogP contribution in [0.15, 0.2) is 24.4 Å². The minimum Gasteiger partial charge on any atom is -0.393 e. The SMILES string of the molecule is CC(O)CCN(C)C(=O)c1cn[nH]c1-c1ccc(F)c(Cl)c1. The molecule has 1 heterocycles. The Hall–Kier alpha value is -1.92. The number of carbonyl (C=O) groups is 1. The number of nitrogens with one attached hydrogen (secondary N) is 1. The summed E-state index contributed by atoms with van der Waals surface area (Å²) in [6, 6.07) is 4.21. The number of aromatic nitrogens is 2. The normalized spacial score (nSPS) is 12.2. The van der Waals surface area contributed by atoms with Gasteiger partial charge in [0, 0.05) is 19.2 Å². The molecule has 1 atom stereocenters. The Morgan fingerprint density at radius 1 is 1.55 bits per heavy atom. The highest BCUT2D eigenvalue weighted by Crippen LogP contribution is 2.26. The molecule has 0 aliphatic rings. The maximum absolute atomic E-state index is 13.2. The van der Waals surface area contributed by atoms with Crippen molar-refractivity contribution in [1.82, 2.24) is 15.1 Å². The van der Waals surface area contributed by atoms with Gasteiger partial charge in [-0.1, -0.05) is 11.6 Å². The van der Waals surface area contributed by atoms with E-state index in [0.29, 0.717) is 29.8 Å². The second kappa shape index (κ2) is 6.89. The van der Waals surface area contributed by atoms with Crippen LogP contribution in [0.3, 0.4) is 0 Å². The predicted molar refractivity (Wildman–Crippen MR) is 82.3 cm³/mol. The molecule has 1 aromatic heterocycles. The van der Waals surface area contributed by atoms with Crippen LogP contribution in [0.2, 0.25) is 5.02 Å². The second-order valence-corrected chi connectivity index (χ2v) is 5.56. The fraction of sp³-hybridized carbons (Fsp3) is 0.333. The van der Waals surface area contributed by atoms with E-state index in [0.717, 1.165) is 0 Å². The lowest BCUT2D eigenvalue weighted by molar-refractivity contribution is 0.0770. The summed E-state index contributed by atoms with van der Waals surface area (Å²) in [4.78, 5) is 13.9. The van der Waals surface area contributed by atoms with Crippen LogP contribution in [0.4, 0.5) is 4.39 Å². The van der Waals surface area contributed by atoms with Crippen LogP contribution in [-0.2, 0) is 0 Å². The molecule has 1 aromatic carbocycles. The summed E-state index contributed by atoms with van der Waals surface area (Å²) < 4.78 is 13.2. The maximum Gasteiger partial charge on any atom is 0.257 e. The molecule has 2 rings (SSSR count). The van der Waals surface area contributed by atoms with E-state index in [-0.39, 0.29) is 10.9 Å². The summed E-state index contributed by atoms with van der Waals surface area (Å²) in [5.41, 5.74) is 1.43. The molecule has 0 saturated heterocycles. The predicted octanol–water partition coefficient (Wildman–Crippen LogP) is 2.71. The topological polar surface area (TPSA) is 69.2 Å². The quantitative estimate of drug-likeness (QED) is 0.888. The van der Waals surface area contributed by atoms with Crippen molar-refractivity contribution in [3.8, 4) is 11.3 Å². The molecule has 0 spiro atoms. The van der Waals surface area contributed by atoms with E-state index in [9.17, 15) is 14.3 Å². The van der Waals surface area contributed by atoms with Crippen molar-refractivity contribution in [3.05, 3.63) is 40.8 Å². The minimum atomic E-state index is -0.521. The number of carbonyl (C=O) groups excluding carboxylic acids is 1. The van der Waals surface area contributed by atoms with Crippen LogP contribution in [0.25, 0.3) is 11.3 Å². The zero-order valence-corrected chi connectivity index (χ0v) is 13.1. The first-order chi connectivity index (χ1) is 10.4. The fourth-order valence-corrected chi connectivity index (χ4v) is 2.19. The first-order valence-corrected chi connectivity index (χ1v) is 7.20. The van der Waals surface area contributed by atoms with Gasteiger partial charge in [0.2, 0.25) is 0 Å². The number of nitrogens with zero attached hydrogens (tertiary/aromatic N) is 2. The number of hydrogen-bond acceptors (Lipinski definition) is 3. The lowest BCUT2D eigenvalue weighted by Gasteiger charge is -2.18. The van der Waals surface area contributed by atoms with Crippen LogP contribution in [0.1, 0.15) is 23.7 Å². The molecule has 0 aliphatic carbocycles. The molecule has 0 fully saturated rings. The number of aliphatic hydroxyl groups excluding tert-OH is 1. The van der Waals surface area contributed by atoms with E-state index in [2.05, 4.69) is 10.2 Å². The molecule has 2 aromatic rings. The van der Waals surface area contributed by atoms with Crippen molar-refractivity contribution < 1.29 is 14.3 Å². The molecule has 1 unspecified atom stereocenters. The summed E-state index contributed by atoms with van der Waals surface area (Å²) in [7, 11) is 1.65. The molecule has 118 valence electrons.